The average molecular weight is 406 g/mol. The molecule has 0 aromatic rings. The predicted octanol–water partition coefficient (Wildman–Crippen LogP) is 4.94. The summed E-state index contributed by atoms with van der Waals surface area (Å²) in [6.07, 6.45) is 10.7. The van der Waals surface area contributed by atoms with E-state index < -0.39 is 0 Å². The van der Waals surface area contributed by atoms with E-state index in [-0.39, 0.29) is 6.04 Å². The number of amidine groups is 1. The molecule has 2 N–H and O–H groups in total. The van der Waals surface area contributed by atoms with Gasteiger partial charge in [0.2, 0.25) is 0 Å². The maximum atomic E-state index is 4.75. The van der Waals surface area contributed by atoms with Crippen LogP contribution < -0.4 is 10.6 Å². The summed E-state index contributed by atoms with van der Waals surface area (Å²) in [4.78, 5) is 4.75. The van der Waals surface area contributed by atoms with E-state index in [1.807, 2.05) is 13.1 Å². The van der Waals surface area contributed by atoms with E-state index in [9.17, 15) is 0 Å². The van der Waals surface area contributed by atoms with E-state index in [1.54, 1.807) is 0 Å². The summed E-state index contributed by atoms with van der Waals surface area (Å²) in [6.45, 7) is 17.0. The SMILES string of the molecule is C=CC(C)NC(NCC(C)CC)=C1CN(C)N(C(CC)CCCCCC)C1=NC. The Morgan fingerprint density at radius 2 is 1.90 bits per heavy atom. The van der Waals surface area contributed by atoms with Crippen molar-refractivity contribution < 1.29 is 0 Å². The van der Waals surface area contributed by atoms with Crippen molar-refractivity contribution in [1.29, 1.82) is 0 Å². The summed E-state index contributed by atoms with van der Waals surface area (Å²) in [5.41, 5.74) is 1.26. The third-order valence-electron chi connectivity index (χ3n) is 6.01. The van der Waals surface area contributed by atoms with Crippen molar-refractivity contribution >= 4 is 5.84 Å². The van der Waals surface area contributed by atoms with Gasteiger partial charge in [-0.15, -0.1) is 6.58 Å². The van der Waals surface area contributed by atoms with Gasteiger partial charge < -0.3 is 10.6 Å². The lowest BCUT2D eigenvalue weighted by Gasteiger charge is -2.34. The quantitative estimate of drug-likeness (QED) is 0.317. The molecule has 0 bridgehead atoms. The molecule has 3 atom stereocenters. The lowest BCUT2D eigenvalue weighted by Crippen LogP contribution is -2.44. The van der Waals surface area contributed by atoms with E-state index in [4.69, 9.17) is 4.99 Å². The molecule has 0 spiro atoms. The minimum atomic E-state index is 0.204. The van der Waals surface area contributed by atoms with E-state index >= 15 is 0 Å². The number of hydrogen-bond donors (Lipinski definition) is 2. The van der Waals surface area contributed by atoms with Crippen LogP contribution in [0.1, 0.15) is 79.6 Å². The number of nitrogens with zero attached hydrogens (tertiary/aromatic N) is 3. The molecule has 0 saturated carbocycles. The molecule has 1 saturated heterocycles. The van der Waals surface area contributed by atoms with Gasteiger partial charge >= 0.3 is 0 Å². The first-order valence-corrected chi connectivity index (χ1v) is 11.8. The van der Waals surface area contributed by atoms with Crippen molar-refractivity contribution in [2.45, 2.75) is 91.6 Å². The van der Waals surface area contributed by atoms with Crippen molar-refractivity contribution in [3.05, 3.63) is 24.0 Å². The van der Waals surface area contributed by atoms with Crippen LogP contribution in [-0.4, -0.2) is 55.1 Å². The molecule has 0 aliphatic carbocycles. The van der Waals surface area contributed by atoms with Crippen LogP contribution in [0.3, 0.4) is 0 Å². The second-order valence-corrected chi connectivity index (χ2v) is 8.54. The van der Waals surface area contributed by atoms with Gasteiger partial charge in [-0.1, -0.05) is 65.9 Å². The van der Waals surface area contributed by atoms with Crippen molar-refractivity contribution in [2.24, 2.45) is 10.9 Å². The molecule has 1 aliphatic heterocycles. The second kappa shape index (κ2) is 13.7. The fourth-order valence-corrected chi connectivity index (χ4v) is 3.81. The number of hydrogen-bond acceptors (Lipinski definition) is 4. The van der Waals surface area contributed by atoms with Crippen LogP contribution in [0.5, 0.6) is 0 Å². The van der Waals surface area contributed by atoms with Crippen molar-refractivity contribution in [3.63, 3.8) is 0 Å². The number of unbranched alkanes of at least 4 members (excludes halogenated alkanes) is 3. The molecule has 29 heavy (non-hydrogen) atoms. The van der Waals surface area contributed by atoms with Gasteiger partial charge in [-0.3, -0.25) is 10.0 Å². The minimum absolute atomic E-state index is 0.204. The largest absolute Gasteiger partial charge is 0.371 e. The van der Waals surface area contributed by atoms with Gasteiger partial charge in [0.05, 0.1) is 12.1 Å². The average Bonchev–Trinajstić information content (AvgIpc) is 3.06. The van der Waals surface area contributed by atoms with Gasteiger partial charge in [0.15, 0.2) is 0 Å². The van der Waals surface area contributed by atoms with Gasteiger partial charge in [0.25, 0.3) is 0 Å². The Kier molecular flexibility index (Phi) is 12.1. The van der Waals surface area contributed by atoms with Crippen LogP contribution in [0, 0.1) is 5.92 Å². The summed E-state index contributed by atoms with van der Waals surface area (Å²) < 4.78 is 0. The highest BCUT2D eigenvalue weighted by atomic mass is 15.7. The van der Waals surface area contributed by atoms with Gasteiger partial charge in [-0.05, 0) is 25.7 Å². The summed E-state index contributed by atoms with van der Waals surface area (Å²) in [5, 5.41) is 12.1. The van der Waals surface area contributed by atoms with Gasteiger partial charge in [-0.2, -0.15) is 0 Å². The zero-order valence-corrected chi connectivity index (χ0v) is 20.2. The molecule has 5 heteroatoms. The monoisotopic (exact) mass is 405 g/mol. The summed E-state index contributed by atoms with van der Waals surface area (Å²) in [6, 6.07) is 0.705. The molecule has 0 radical (unpaired) electrons. The van der Waals surface area contributed by atoms with Crippen LogP contribution in [0.2, 0.25) is 0 Å². The van der Waals surface area contributed by atoms with Gasteiger partial charge in [-0.25, -0.2) is 5.01 Å². The molecule has 0 amide bonds. The Labute approximate surface area is 180 Å². The van der Waals surface area contributed by atoms with Gasteiger partial charge in [0, 0.05) is 32.7 Å². The fraction of sp³-hybridized carbons (Fsp3) is 0.792. The first-order chi connectivity index (χ1) is 13.9. The molecular weight excluding hydrogens is 358 g/mol. The van der Waals surface area contributed by atoms with E-state index in [2.05, 4.69) is 68.9 Å². The summed E-state index contributed by atoms with van der Waals surface area (Å²) in [5.74, 6) is 2.84. The summed E-state index contributed by atoms with van der Waals surface area (Å²) in [7, 11) is 4.12. The van der Waals surface area contributed by atoms with Crippen LogP contribution in [0.25, 0.3) is 0 Å². The van der Waals surface area contributed by atoms with Crippen LogP contribution >= 0.6 is 0 Å². The molecular formula is C24H47N5. The lowest BCUT2D eigenvalue weighted by atomic mass is 10.0. The zero-order valence-electron chi connectivity index (χ0n) is 20.2. The Morgan fingerprint density at radius 1 is 1.17 bits per heavy atom. The van der Waals surface area contributed by atoms with Crippen molar-refractivity contribution in [2.75, 3.05) is 27.2 Å². The van der Waals surface area contributed by atoms with Crippen molar-refractivity contribution in [3.8, 4) is 0 Å². The number of nitrogens with one attached hydrogen (secondary N) is 2. The maximum absolute atomic E-state index is 4.75. The highest BCUT2D eigenvalue weighted by Gasteiger charge is 2.35. The maximum Gasteiger partial charge on any atom is 0.146 e. The Hall–Kier alpha value is -1.49. The minimum Gasteiger partial charge on any atom is -0.371 e. The van der Waals surface area contributed by atoms with Crippen LogP contribution in [0.15, 0.2) is 29.0 Å². The topological polar surface area (TPSA) is 42.9 Å². The normalized spacial score (nSPS) is 21.2. The highest BCUT2D eigenvalue weighted by Crippen LogP contribution is 2.26. The third-order valence-corrected chi connectivity index (χ3v) is 6.01. The summed E-state index contributed by atoms with van der Waals surface area (Å²) >= 11 is 0. The number of likely N-dealkylation sites (N-methyl/N-ethyl adjacent to an activating group) is 1. The smallest absolute Gasteiger partial charge is 0.146 e. The van der Waals surface area contributed by atoms with E-state index in [0.29, 0.717) is 12.0 Å². The Morgan fingerprint density at radius 3 is 2.45 bits per heavy atom. The molecule has 5 nitrogen and oxygen atoms in total. The molecule has 1 fully saturated rings. The molecule has 1 aliphatic rings. The molecule has 0 aromatic carbocycles. The fourth-order valence-electron chi connectivity index (χ4n) is 3.81. The number of hydrazine groups is 1. The predicted molar refractivity (Wildman–Crippen MR) is 128 cm³/mol. The molecule has 3 unspecified atom stereocenters. The van der Waals surface area contributed by atoms with Crippen LogP contribution in [0.4, 0.5) is 0 Å². The standard InChI is InChI=1S/C24H47N5/c1-9-13-14-15-16-21(12-4)29-24(25-7)22(18-28(29)8)23(27-20(6)11-3)26-17-19(5)10-2/h11,19-21,26-27H,3,9-10,12-18H2,1-2,4-8H3. The highest BCUT2D eigenvalue weighted by molar-refractivity contribution is 6.00. The second-order valence-electron chi connectivity index (χ2n) is 8.54. The van der Waals surface area contributed by atoms with Crippen molar-refractivity contribution in [1.82, 2.24) is 20.7 Å². The van der Waals surface area contributed by atoms with Crippen LogP contribution in [-0.2, 0) is 0 Å². The number of aliphatic imine (C=N–C) groups is 1. The first kappa shape index (κ1) is 25.5. The third kappa shape index (κ3) is 7.69. The molecule has 0 aromatic heterocycles. The lowest BCUT2D eigenvalue weighted by molar-refractivity contribution is 0.0577. The first-order valence-electron chi connectivity index (χ1n) is 11.8. The van der Waals surface area contributed by atoms with E-state index in [1.165, 1.54) is 44.1 Å². The van der Waals surface area contributed by atoms with E-state index in [0.717, 1.165) is 31.2 Å². The zero-order chi connectivity index (χ0) is 21.8. The Bertz CT molecular complexity index is 539. The molecule has 1 rings (SSSR count). The Balaban J connectivity index is 3.10. The number of rotatable bonds is 14. The molecule has 1 heterocycles. The van der Waals surface area contributed by atoms with Gasteiger partial charge in [0.1, 0.15) is 11.7 Å². The molecule has 168 valence electrons.